The molecular weight excluding hydrogens is 389 g/mol. The molecule has 6 nitrogen and oxygen atoms in total. The number of carbonyl (C=O) groups is 1. The highest BCUT2D eigenvalue weighted by molar-refractivity contribution is 5.90. The molecule has 2 aromatic carbocycles. The van der Waals surface area contributed by atoms with Crippen molar-refractivity contribution in [2.45, 2.75) is 18.8 Å². The third-order valence-corrected chi connectivity index (χ3v) is 4.90. The largest absolute Gasteiger partial charge is 0.441 e. The molecule has 0 aromatic heterocycles. The van der Waals surface area contributed by atoms with Gasteiger partial charge in [0.05, 0.1) is 24.3 Å². The van der Waals surface area contributed by atoms with Crippen LogP contribution in [-0.4, -0.2) is 35.2 Å². The second-order valence-electron chi connectivity index (χ2n) is 6.79. The number of nitroso groups, excluding NO2 is 1. The number of carbonyl (C=O) groups excluding carboxylic acids is 1. The number of aliphatic hydroxyl groups excluding tert-OH is 1. The summed E-state index contributed by atoms with van der Waals surface area (Å²) in [5.41, 5.74) is 0.537. The zero-order chi connectivity index (χ0) is 20.8. The third kappa shape index (κ3) is 3.49. The fourth-order valence-electron chi connectivity index (χ4n) is 3.49. The number of anilines is 1. The van der Waals surface area contributed by atoms with Gasteiger partial charge in [0, 0.05) is 27.0 Å². The normalized spacial score (nSPS) is 19.1. The van der Waals surface area contributed by atoms with E-state index in [-0.39, 0.29) is 31.0 Å². The molecule has 2 heterocycles. The van der Waals surface area contributed by atoms with Gasteiger partial charge in [0.15, 0.2) is 0 Å². The lowest BCUT2D eigenvalue weighted by Crippen LogP contribution is -2.26. The Morgan fingerprint density at radius 2 is 1.97 bits per heavy atom. The SMILES string of the molecule is O=C1OC(CO)CN1c1ccc2c(c1)C[N+](=O)C(c1ccccc1C(F)(F)F)=C2. The first-order chi connectivity index (χ1) is 13.8. The van der Waals surface area contributed by atoms with Gasteiger partial charge in [-0.25, -0.2) is 4.79 Å². The Bertz CT molecular complexity index is 1030. The first-order valence-electron chi connectivity index (χ1n) is 8.83. The Labute approximate surface area is 163 Å². The lowest BCUT2D eigenvalue weighted by molar-refractivity contribution is -0.472. The molecule has 1 N–H and O–H groups in total. The highest BCUT2D eigenvalue weighted by Gasteiger charge is 2.39. The van der Waals surface area contributed by atoms with Gasteiger partial charge < -0.3 is 9.84 Å². The summed E-state index contributed by atoms with van der Waals surface area (Å²) in [5.74, 6) is 0. The van der Waals surface area contributed by atoms with E-state index in [1.54, 1.807) is 18.2 Å². The minimum Gasteiger partial charge on any atom is -0.441 e. The average molecular weight is 405 g/mol. The second kappa shape index (κ2) is 7.00. The quantitative estimate of drug-likeness (QED) is 0.789. The summed E-state index contributed by atoms with van der Waals surface area (Å²) in [5, 5.41) is 9.15. The number of amides is 1. The first-order valence-corrected chi connectivity index (χ1v) is 8.83. The Balaban J connectivity index is 1.71. The van der Waals surface area contributed by atoms with Crippen molar-refractivity contribution in [3.63, 3.8) is 0 Å². The van der Waals surface area contributed by atoms with E-state index in [1.165, 1.54) is 29.2 Å². The van der Waals surface area contributed by atoms with Crippen LogP contribution < -0.4 is 4.90 Å². The van der Waals surface area contributed by atoms with Crippen LogP contribution in [0.1, 0.15) is 22.3 Å². The molecule has 2 aliphatic heterocycles. The number of cyclic esters (lactones) is 1. The van der Waals surface area contributed by atoms with Crippen LogP contribution in [-0.2, 0) is 17.5 Å². The smallest absolute Gasteiger partial charge is 0.417 e. The van der Waals surface area contributed by atoms with Gasteiger partial charge in [-0.05, 0) is 29.8 Å². The van der Waals surface area contributed by atoms with E-state index in [0.717, 1.165) is 6.07 Å². The van der Waals surface area contributed by atoms with Crippen molar-refractivity contribution < 1.29 is 32.6 Å². The number of hydrogen-bond donors (Lipinski definition) is 1. The van der Waals surface area contributed by atoms with E-state index in [9.17, 15) is 22.9 Å². The molecule has 1 unspecified atom stereocenters. The molecule has 0 bridgehead atoms. The van der Waals surface area contributed by atoms with Gasteiger partial charge in [-0.15, -0.1) is 0 Å². The van der Waals surface area contributed by atoms with Crippen LogP contribution in [0.5, 0.6) is 0 Å². The third-order valence-electron chi connectivity index (χ3n) is 4.90. The molecule has 2 aromatic rings. The van der Waals surface area contributed by atoms with Crippen LogP contribution in [0.25, 0.3) is 11.8 Å². The van der Waals surface area contributed by atoms with Crippen LogP contribution in [0.15, 0.2) is 42.5 Å². The van der Waals surface area contributed by atoms with Crippen LogP contribution in [0.4, 0.5) is 23.7 Å². The maximum atomic E-state index is 13.3. The van der Waals surface area contributed by atoms with Gasteiger partial charge in [0.2, 0.25) is 6.54 Å². The van der Waals surface area contributed by atoms with Crippen molar-refractivity contribution in [2.24, 2.45) is 0 Å². The molecule has 29 heavy (non-hydrogen) atoms. The second-order valence-corrected chi connectivity index (χ2v) is 6.79. The maximum Gasteiger partial charge on any atom is 0.417 e. The van der Waals surface area contributed by atoms with Crippen LogP contribution in [0, 0.1) is 4.91 Å². The highest BCUT2D eigenvalue weighted by Crippen LogP contribution is 2.38. The van der Waals surface area contributed by atoms with E-state index >= 15 is 0 Å². The number of alkyl halides is 3. The number of nitrogens with zero attached hydrogens (tertiary/aromatic N) is 2. The van der Waals surface area contributed by atoms with Gasteiger partial charge in [0.1, 0.15) is 6.10 Å². The predicted molar refractivity (Wildman–Crippen MR) is 97.8 cm³/mol. The fourth-order valence-corrected chi connectivity index (χ4v) is 3.49. The fraction of sp³-hybridized carbons (Fsp3) is 0.250. The van der Waals surface area contributed by atoms with Crippen molar-refractivity contribution in [3.05, 3.63) is 69.6 Å². The summed E-state index contributed by atoms with van der Waals surface area (Å²) in [4.78, 5) is 25.9. The van der Waals surface area contributed by atoms with E-state index < -0.39 is 23.9 Å². The molecular formula is C20H16F3N2O4+. The van der Waals surface area contributed by atoms with E-state index in [4.69, 9.17) is 9.84 Å². The number of halogens is 3. The molecule has 0 spiro atoms. The molecule has 1 amide bonds. The summed E-state index contributed by atoms with van der Waals surface area (Å²) in [6.45, 7) is -0.283. The number of fused-ring (bicyclic) bond motifs is 1. The average Bonchev–Trinajstić information content (AvgIpc) is 3.07. The number of aliphatic hydroxyl groups is 1. The zero-order valence-corrected chi connectivity index (χ0v) is 15.0. The van der Waals surface area contributed by atoms with Crippen molar-refractivity contribution >= 4 is 23.6 Å². The van der Waals surface area contributed by atoms with Crippen LogP contribution >= 0.6 is 0 Å². The standard InChI is InChI=1S/C20H16F3N2O4/c21-20(22,23)17-4-2-1-3-16(17)18-8-12-5-6-14(7-13(12)9-25(18)28)24-10-15(11-26)29-19(24)27/h1-8,15,26H,9-11H2/q+1. The topological polar surface area (TPSA) is 69.8 Å². The molecule has 2 aliphatic rings. The first kappa shape index (κ1) is 19.1. The van der Waals surface area contributed by atoms with Gasteiger partial charge in [-0.1, -0.05) is 18.2 Å². The van der Waals surface area contributed by atoms with Gasteiger partial charge in [0.25, 0.3) is 5.70 Å². The van der Waals surface area contributed by atoms with Crippen LogP contribution in [0.2, 0.25) is 0 Å². The predicted octanol–water partition coefficient (Wildman–Crippen LogP) is 3.81. The van der Waals surface area contributed by atoms with E-state index in [1.807, 2.05) is 0 Å². The van der Waals surface area contributed by atoms with Crippen molar-refractivity contribution in [1.82, 2.24) is 0 Å². The highest BCUT2D eigenvalue weighted by atomic mass is 19.4. The van der Waals surface area contributed by atoms with Gasteiger partial charge in [-0.3, -0.25) is 4.90 Å². The van der Waals surface area contributed by atoms with Crippen molar-refractivity contribution in [3.8, 4) is 0 Å². The minimum atomic E-state index is -4.58. The molecule has 4 rings (SSSR count). The summed E-state index contributed by atoms with van der Waals surface area (Å²) in [7, 11) is 0. The van der Waals surface area contributed by atoms with Crippen LogP contribution in [0.3, 0.4) is 0 Å². The Morgan fingerprint density at radius 1 is 1.21 bits per heavy atom. The van der Waals surface area contributed by atoms with Gasteiger partial charge in [-0.2, -0.15) is 13.2 Å². The number of rotatable bonds is 3. The van der Waals surface area contributed by atoms with Gasteiger partial charge >= 0.3 is 12.3 Å². The van der Waals surface area contributed by atoms with E-state index in [2.05, 4.69) is 0 Å². The molecule has 1 saturated heterocycles. The van der Waals surface area contributed by atoms with Crippen molar-refractivity contribution in [1.29, 1.82) is 0 Å². The minimum absolute atomic E-state index is 0.0703. The van der Waals surface area contributed by atoms with E-state index in [0.29, 0.717) is 21.6 Å². The monoisotopic (exact) mass is 405 g/mol. The molecule has 150 valence electrons. The number of benzene rings is 2. The van der Waals surface area contributed by atoms with Crippen molar-refractivity contribution in [2.75, 3.05) is 18.1 Å². The Hall–Kier alpha value is -3.20. The molecule has 1 fully saturated rings. The molecule has 1 atom stereocenters. The molecule has 0 aliphatic carbocycles. The summed E-state index contributed by atoms with van der Waals surface area (Å²) in [6.07, 6.45) is -4.39. The molecule has 0 saturated carbocycles. The lowest BCUT2D eigenvalue weighted by Gasteiger charge is -2.17. The maximum absolute atomic E-state index is 13.3. The Morgan fingerprint density at radius 3 is 2.66 bits per heavy atom. The number of hydrogen-bond acceptors (Lipinski definition) is 4. The summed E-state index contributed by atoms with van der Waals surface area (Å²) >= 11 is 0. The lowest BCUT2D eigenvalue weighted by atomic mass is 9.96. The Kier molecular flexibility index (Phi) is 4.62. The summed E-state index contributed by atoms with van der Waals surface area (Å²) < 4.78 is 45.5. The zero-order valence-electron chi connectivity index (χ0n) is 15.0. The number of ether oxygens (including phenoxy) is 1. The summed E-state index contributed by atoms with van der Waals surface area (Å²) in [6, 6.07) is 9.85. The molecule has 9 heteroatoms. The molecule has 0 radical (unpaired) electrons.